The molecule has 1 aromatic heterocycles. The number of likely N-dealkylation sites (N-methyl/N-ethyl adjacent to an activating group) is 1. The fraction of sp³-hybridized carbons (Fsp3) is 0.267. The third kappa shape index (κ3) is 6.36. The number of carbonyl (C=O) groups is 2. The number of alkyl halides is 3. The van der Waals surface area contributed by atoms with Crippen molar-refractivity contribution >= 4 is 39.9 Å². The summed E-state index contributed by atoms with van der Waals surface area (Å²) in [4.78, 5) is 36.6. The molecular weight excluding hydrogens is 566 g/mol. The number of nitrogens with zero attached hydrogens (tertiary/aromatic N) is 4. The maximum atomic E-state index is 15.8. The molecule has 0 unspecified atom stereocenters. The molecule has 1 fully saturated rings. The topological polar surface area (TPSA) is 130 Å². The van der Waals surface area contributed by atoms with E-state index in [9.17, 15) is 22.8 Å². The van der Waals surface area contributed by atoms with Crippen LogP contribution in [-0.2, 0) is 17.4 Å². The summed E-state index contributed by atoms with van der Waals surface area (Å²) in [5, 5.41) is 2.61. The zero-order chi connectivity index (χ0) is 31.1. The molecule has 1 aliphatic heterocycles. The van der Waals surface area contributed by atoms with E-state index in [2.05, 4.69) is 20.2 Å². The molecule has 1 aliphatic rings. The van der Waals surface area contributed by atoms with E-state index in [-0.39, 0.29) is 45.8 Å². The smallest absolute Gasteiger partial charge is 0.383 e. The summed E-state index contributed by atoms with van der Waals surface area (Å²) in [6, 6.07) is 11.1. The second-order valence-electron chi connectivity index (χ2n) is 10.5. The predicted molar refractivity (Wildman–Crippen MR) is 156 cm³/mol. The van der Waals surface area contributed by atoms with Crippen molar-refractivity contribution in [2.24, 2.45) is 5.73 Å². The van der Waals surface area contributed by atoms with E-state index in [4.69, 9.17) is 11.5 Å². The van der Waals surface area contributed by atoms with Crippen LogP contribution in [0.15, 0.2) is 48.5 Å². The van der Waals surface area contributed by atoms with E-state index in [1.54, 1.807) is 19.1 Å². The van der Waals surface area contributed by atoms with Crippen LogP contribution in [0.25, 0.3) is 22.0 Å². The van der Waals surface area contributed by atoms with Crippen molar-refractivity contribution in [3.05, 3.63) is 76.9 Å². The van der Waals surface area contributed by atoms with E-state index in [1.807, 2.05) is 11.9 Å². The van der Waals surface area contributed by atoms with Gasteiger partial charge in [0.1, 0.15) is 17.5 Å². The molecule has 0 radical (unpaired) electrons. The number of aromatic nitrogens is 2. The number of benzene rings is 3. The molecule has 2 amide bonds. The quantitative estimate of drug-likeness (QED) is 0.282. The van der Waals surface area contributed by atoms with E-state index in [0.29, 0.717) is 43.0 Å². The SMILES string of the molecule is Cc1ccc(NC(=O)c2cc(N3CCN(C)CC3)cc(C(F)(F)F)c2)cc1-c1ccc2nc(CC(N)=O)nc(N)c2c1F. The van der Waals surface area contributed by atoms with Gasteiger partial charge in [-0.05, 0) is 67.6 Å². The highest BCUT2D eigenvalue weighted by Gasteiger charge is 2.33. The van der Waals surface area contributed by atoms with Crippen LogP contribution >= 0.6 is 0 Å². The van der Waals surface area contributed by atoms with Crippen molar-refractivity contribution in [3.63, 3.8) is 0 Å². The minimum Gasteiger partial charge on any atom is -0.383 e. The number of nitrogens with one attached hydrogen (secondary N) is 1. The number of carbonyl (C=O) groups excluding carboxylic acids is 2. The first-order valence-electron chi connectivity index (χ1n) is 13.4. The Bertz CT molecular complexity index is 1730. The molecule has 13 heteroatoms. The van der Waals surface area contributed by atoms with Gasteiger partial charge in [-0.3, -0.25) is 9.59 Å². The van der Waals surface area contributed by atoms with E-state index in [0.717, 1.165) is 12.1 Å². The number of fused-ring (bicyclic) bond motifs is 1. The van der Waals surface area contributed by atoms with Crippen LogP contribution in [-0.4, -0.2) is 59.9 Å². The molecule has 2 heterocycles. The van der Waals surface area contributed by atoms with Crippen LogP contribution < -0.4 is 21.7 Å². The van der Waals surface area contributed by atoms with Crippen LogP contribution in [0.5, 0.6) is 0 Å². The van der Waals surface area contributed by atoms with Crippen LogP contribution in [0, 0.1) is 12.7 Å². The summed E-state index contributed by atoms with van der Waals surface area (Å²) >= 11 is 0. The van der Waals surface area contributed by atoms with Crippen LogP contribution in [0.1, 0.15) is 27.3 Å². The number of hydrogen-bond acceptors (Lipinski definition) is 7. The Hall–Kier alpha value is -4.78. The molecule has 0 saturated carbocycles. The number of primary amides is 1. The molecule has 1 saturated heterocycles. The van der Waals surface area contributed by atoms with Gasteiger partial charge in [-0.1, -0.05) is 6.07 Å². The molecular formula is C30H29F4N7O2. The summed E-state index contributed by atoms with van der Waals surface area (Å²) in [6.07, 6.45) is -4.90. The van der Waals surface area contributed by atoms with Crippen LogP contribution in [0.4, 0.5) is 34.8 Å². The number of anilines is 3. The average Bonchev–Trinajstić information content (AvgIpc) is 2.93. The lowest BCUT2D eigenvalue weighted by atomic mass is 9.97. The number of halogens is 4. The van der Waals surface area contributed by atoms with E-state index >= 15 is 4.39 Å². The second kappa shape index (κ2) is 11.5. The highest BCUT2D eigenvalue weighted by molar-refractivity contribution is 6.05. The highest BCUT2D eigenvalue weighted by atomic mass is 19.4. The third-order valence-corrected chi connectivity index (χ3v) is 7.37. The summed E-state index contributed by atoms with van der Waals surface area (Å²) in [5.74, 6) is -2.21. The Balaban J connectivity index is 1.47. The second-order valence-corrected chi connectivity index (χ2v) is 10.5. The van der Waals surface area contributed by atoms with E-state index < -0.39 is 29.4 Å². The van der Waals surface area contributed by atoms with Crippen molar-refractivity contribution in [2.75, 3.05) is 49.2 Å². The standard InChI is InChI=1S/C30H29F4N7O2/c1-16-3-4-19(14-22(16)21-5-6-23-26(27(21)31)28(36)39-25(38-23)15-24(35)42)37-29(43)17-11-18(30(32,33)34)13-20(12-17)41-9-7-40(2)8-10-41/h3-6,11-14H,7-10,15H2,1-2H3,(H2,35,42)(H,37,43)(H2,36,38,39). The first kappa shape index (κ1) is 29.7. The molecule has 4 aromatic rings. The zero-order valence-corrected chi connectivity index (χ0v) is 23.4. The number of piperazine rings is 1. The summed E-state index contributed by atoms with van der Waals surface area (Å²) in [6.45, 7) is 4.16. The van der Waals surface area contributed by atoms with Crippen molar-refractivity contribution in [1.82, 2.24) is 14.9 Å². The Morgan fingerprint density at radius 2 is 1.70 bits per heavy atom. The zero-order valence-electron chi connectivity index (χ0n) is 23.4. The number of hydrogen-bond donors (Lipinski definition) is 3. The monoisotopic (exact) mass is 595 g/mol. The molecule has 5 rings (SSSR count). The fourth-order valence-electron chi connectivity index (χ4n) is 5.05. The van der Waals surface area contributed by atoms with Crippen molar-refractivity contribution in [2.45, 2.75) is 19.5 Å². The van der Waals surface area contributed by atoms with Gasteiger partial charge in [-0.25, -0.2) is 14.4 Å². The predicted octanol–water partition coefficient (Wildman–Crippen LogP) is 4.38. The van der Waals surface area contributed by atoms with Gasteiger partial charge in [0.25, 0.3) is 5.91 Å². The average molecular weight is 596 g/mol. The van der Waals surface area contributed by atoms with Gasteiger partial charge in [0.05, 0.1) is 22.9 Å². The molecule has 0 bridgehead atoms. The molecule has 224 valence electrons. The molecule has 43 heavy (non-hydrogen) atoms. The lowest BCUT2D eigenvalue weighted by Gasteiger charge is -2.34. The van der Waals surface area contributed by atoms with E-state index in [1.165, 1.54) is 24.3 Å². The van der Waals surface area contributed by atoms with Crippen LogP contribution in [0.2, 0.25) is 0 Å². The number of nitrogens with two attached hydrogens (primary N) is 2. The van der Waals surface area contributed by atoms with Gasteiger partial charge >= 0.3 is 6.18 Å². The normalized spacial score (nSPS) is 14.2. The molecule has 5 N–H and O–H groups in total. The van der Waals surface area contributed by atoms with Crippen molar-refractivity contribution in [3.8, 4) is 11.1 Å². The van der Waals surface area contributed by atoms with Gasteiger partial charge in [0.15, 0.2) is 0 Å². The first-order valence-corrected chi connectivity index (χ1v) is 13.4. The fourth-order valence-corrected chi connectivity index (χ4v) is 5.05. The summed E-state index contributed by atoms with van der Waals surface area (Å²) in [5.41, 5.74) is 12.1. The Morgan fingerprint density at radius 1 is 0.977 bits per heavy atom. The van der Waals surface area contributed by atoms with Gasteiger partial charge in [-0.2, -0.15) is 13.2 Å². The number of aryl methyl sites for hydroxylation is 1. The van der Waals surface area contributed by atoms with Crippen LogP contribution in [0.3, 0.4) is 0 Å². The van der Waals surface area contributed by atoms with Gasteiger partial charge in [0, 0.05) is 48.7 Å². The molecule has 9 nitrogen and oxygen atoms in total. The lowest BCUT2D eigenvalue weighted by Crippen LogP contribution is -2.44. The summed E-state index contributed by atoms with van der Waals surface area (Å²) < 4.78 is 57.1. The van der Waals surface area contributed by atoms with Crippen molar-refractivity contribution < 1.29 is 27.2 Å². The maximum Gasteiger partial charge on any atom is 0.416 e. The molecule has 0 atom stereocenters. The number of amides is 2. The third-order valence-electron chi connectivity index (χ3n) is 7.37. The molecule has 0 spiro atoms. The number of nitrogen functional groups attached to an aromatic ring is 1. The minimum absolute atomic E-state index is 0.0417. The van der Waals surface area contributed by atoms with Gasteiger partial charge < -0.3 is 26.6 Å². The Labute approximate surface area is 244 Å². The Morgan fingerprint density at radius 3 is 2.37 bits per heavy atom. The minimum atomic E-state index is -4.64. The van der Waals surface area contributed by atoms with Gasteiger partial charge in [-0.15, -0.1) is 0 Å². The molecule has 3 aromatic carbocycles. The lowest BCUT2D eigenvalue weighted by molar-refractivity contribution is -0.137. The highest BCUT2D eigenvalue weighted by Crippen LogP contribution is 2.36. The molecule has 0 aliphatic carbocycles. The first-order chi connectivity index (χ1) is 20.3. The Kier molecular flexibility index (Phi) is 7.93. The van der Waals surface area contributed by atoms with Crippen molar-refractivity contribution in [1.29, 1.82) is 0 Å². The largest absolute Gasteiger partial charge is 0.416 e. The summed E-state index contributed by atoms with van der Waals surface area (Å²) in [7, 11) is 1.94. The van der Waals surface area contributed by atoms with Gasteiger partial charge in [0.2, 0.25) is 5.91 Å². The number of rotatable bonds is 6. The maximum absolute atomic E-state index is 15.8.